The van der Waals surface area contributed by atoms with Crippen LogP contribution in [-0.2, 0) is 16.9 Å². The van der Waals surface area contributed by atoms with Crippen LogP contribution in [0.2, 0.25) is 0 Å². The molecule has 3 rings (SSSR count). The summed E-state index contributed by atoms with van der Waals surface area (Å²) in [6, 6.07) is 10.6. The quantitative estimate of drug-likeness (QED) is 0.506. The molecule has 26 heavy (non-hydrogen) atoms. The van der Waals surface area contributed by atoms with Gasteiger partial charge in [0, 0.05) is 12.1 Å². The number of halogens is 1. The molecule has 0 radical (unpaired) electrons. The van der Waals surface area contributed by atoms with E-state index < -0.39 is 28.2 Å². The summed E-state index contributed by atoms with van der Waals surface area (Å²) >= 11 is 0. The molecule has 1 unspecified atom stereocenters. The van der Waals surface area contributed by atoms with Gasteiger partial charge < -0.3 is 5.32 Å². The van der Waals surface area contributed by atoms with E-state index in [-0.39, 0.29) is 18.7 Å². The van der Waals surface area contributed by atoms with Crippen LogP contribution >= 0.6 is 0 Å². The van der Waals surface area contributed by atoms with Gasteiger partial charge in [0.25, 0.3) is 11.6 Å². The number of nitro benzene ring substituents is 1. The maximum atomic E-state index is 13.2. The van der Waals surface area contributed by atoms with Gasteiger partial charge in [-0.3, -0.25) is 19.8 Å². The number of non-ortho nitro benzene ring substituents is 1. The molecule has 1 fully saturated rings. The second kappa shape index (κ2) is 6.55. The van der Waals surface area contributed by atoms with Gasteiger partial charge in [0.2, 0.25) is 0 Å². The number of carbonyl (C=O) groups excluding carboxylic acids is 2. The monoisotopic (exact) mass is 357 g/mol. The number of urea groups is 1. The van der Waals surface area contributed by atoms with Crippen LogP contribution in [0.1, 0.15) is 24.5 Å². The first-order valence-corrected chi connectivity index (χ1v) is 8.01. The van der Waals surface area contributed by atoms with Crippen molar-refractivity contribution >= 4 is 17.6 Å². The lowest BCUT2D eigenvalue weighted by Gasteiger charge is -2.25. The summed E-state index contributed by atoms with van der Waals surface area (Å²) in [7, 11) is 0. The largest absolute Gasteiger partial charge is 0.325 e. The normalized spacial score (nSPS) is 19.5. The Morgan fingerprint density at radius 1 is 1.19 bits per heavy atom. The highest BCUT2D eigenvalue weighted by atomic mass is 19.1. The third-order valence-electron chi connectivity index (χ3n) is 4.51. The van der Waals surface area contributed by atoms with Crippen LogP contribution in [0.3, 0.4) is 0 Å². The lowest BCUT2D eigenvalue weighted by molar-refractivity contribution is -0.384. The zero-order valence-corrected chi connectivity index (χ0v) is 13.9. The molecular weight excluding hydrogens is 341 g/mol. The molecule has 0 saturated carbocycles. The fraction of sp³-hybridized carbons (Fsp3) is 0.222. The lowest BCUT2D eigenvalue weighted by Crippen LogP contribution is -2.43. The maximum absolute atomic E-state index is 13.2. The van der Waals surface area contributed by atoms with Crippen molar-refractivity contribution in [1.29, 1.82) is 0 Å². The molecule has 3 amide bonds. The van der Waals surface area contributed by atoms with E-state index in [2.05, 4.69) is 5.32 Å². The maximum Gasteiger partial charge on any atom is 0.325 e. The molecule has 2 aromatic rings. The number of nitrogens with one attached hydrogen (secondary N) is 1. The van der Waals surface area contributed by atoms with Crippen molar-refractivity contribution in [2.45, 2.75) is 25.4 Å². The molecule has 1 aliphatic rings. The molecule has 2 aromatic carbocycles. The molecule has 1 aliphatic heterocycles. The van der Waals surface area contributed by atoms with Gasteiger partial charge in [-0.15, -0.1) is 0 Å². The van der Waals surface area contributed by atoms with Crippen molar-refractivity contribution in [1.82, 2.24) is 10.2 Å². The number of imide groups is 1. The van der Waals surface area contributed by atoms with Crippen molar-refractivity contribution in [3.63, 3.8) is 0 Å². The molecule has 134 valence electrons. The summed E-state index contributed by atoms with van der Waals surface area (Å²) in [5.41, 5.74) is -0.435. The minimum absolute atomic E-state index is 0.0880. The standard InChI is InChI=1S/C18H16FN3O4/c1-2-18(13-6-8-14(19)9-7-13)16(23)21(17(24)20-18)11-12-4-3-5-15(10-12)22(25)26/h3-10H,2,11H2,1H3,(H,20,24). The fourth-order valence-electron chi connectivity index (χ4n) is 3.09. The van der Waals surface area contributed by atoms with E-state index in [1.807, 2.05) is 0 Å². The zero-order chi connectivity index (χ0) is 18.9. The number of nitro groups is 1. The number of amides is 3. The van der Waals surface area contributed by atoms with Gasteiger partial charge in [-0.05, 0) is 29.7 Å². The van der Waals surface area contributed by atoms with Crippen LogP contribution in [0.15, 0.2) is 48.5 Å². The summed E-state index contributed by atoms with van der Waals surface area (Å²) < 4.78 is 13.2. The molecule has 1 heterocycles. The topological polar surface area (TPSA) is 92.6 Å². The third kappa shape index (κ3) is 2.90. The smallest absolute Gasteiger partial charge is 0.319 e. The average Bonchev–Trinajstić information content (AvgIpc) is 2.87. The first-order valence-electron chi connectivity index (χ1n) is 8.01. The molecular formula is C18H16FN3O4. The Balaban J connectivity index is 1.92. The van der Waals surface area contributed by atoms with Gasteiger partial charge in [0.1, 0.15) is 11.4 Å². The van der Waals surface area contributed by atoms with E-state index in [9.17, 15) is 24.1 Å². The number of hydrogen-bond acceptors (Lipinski definition) is 4. The second-order valence-corrected chi connectivity index (χ2v) is 6.01. The molecule has 1 atom stereocenters. The summed E-state index contributed by atoms with van der Waals surface area (Å²) in [4.78, 5) is 36.8. The van der Waals surface area contributed by atoms with Crippen molar-refractivity contribution in [3.05, 3.63) is 75.6 Å². The molecule has 0 aromatic heterocycles. The molecule has 0 bridgehead atoms. The first kappa shape index (κ1) is 17.5. The van der Waals surface area contributed by atoms with Crippen LogP contribution in [0.5, 0.6) is 0 Å². The van der Waals surface area contributed by atoms with Crippen LogP contribution in [0.4, 0.5) is 14.9 Å². The van der Waals surface area contributed by atoms with E-state index in [0.29, 0.717) is 11.1 Å². The zero-order valence-electron chi connectivity index (χ0n) is 13.9. The summed E-state index contributed by atoms with van der Waals surface area (Å²) in [6.45, 7) is 1.66. The summed E-state index contributed by atoms with van der Waals surface area (Å²) in [5.74, 6) is -0.909. The Morgan fingerprint density at radius 3 is 2.50 bits per heavy atom. The van der Waals surface area contributed by atoms with Gasteiger partial charge in [-0.1, -0.05) is 31.2 Å². The third-order valence-corrected chi connectivity index (χ3v) is 4.51. The summed E-state index contributed by atoms with van der Waals surface area (Å²) in [5, 5.41) is 13.6. The Kier molecular flexibility index (Phi) is 4.41. The second-order valence-electron chi connectivity index (χ2n) is 6.01. The van der Waals surface area contributed by atoms with Gasteiger partial charge in [0.05, 0.1) is 11.5 Å². The van der Waals surface area contributed by atoms with E-state index in [1.165, 1.54) is 42.5 Å². The first-order chi connectivity index (χ1) is 12.4. The van der Waals surface area contributed by atoms with Crippen molar-refractivity contribution < 1.29 is 18.9 Å². The molecule has 7 nitrogen and oxygen atoms in total. The van der Waals surface area contributed by atoms with Gasteiger partial charge in [0.15, 0.2) is 0 Å². The number of nitrogens with zero attached hydrogens (tertiary/aromatic N) is 2. The van der Waals surface area contributed by atoms with E-state index >= 15 is 0 Å². The Morgan fingerprint density at radius 2 is 1.88 bits per heavy atom. The molecule has 8 heteroatoms. The van der Waals surface area contributed by atoms with Crippen molar-refractivity contribution in [2.75, 3.05) is 0 Å². The highest BCUT2D eigenvalue weighted by molar-refractivity contribution is 6.07. The number of hydrogen-bond donors (Lipinski definition) is 1. The minimum atomic E-state index is -1.27. The molecule has 0 aliphatic carbocycles. The minimum Gasteiger partial charge on any atom is -0.319 e. The van der Waals surface area contributed by atoms with E-state index in [1.54, 1.807) is 13.0 Å². The predicted molar refractivity (Wildman–Crippen MR) is 90.5 cm³/mol. The molecule has 1 saturated heterocycles. The summed E-state index contributed by atoms with van der Waals surface area (Å²) in [6.07, 6.45) is 0.286. The van der Waals surface area contributed by atoms with Crippen molar-refractivity contribution in [3.8, 4) is 0 Å². The fourth-order valence-corrected chi connectivity index (χ4v) is 3.09. The molecule has 0 spiro atoms. The Hall–Kier alpha value is -3.29. The lowest BCUT2D eigenvalue weighted by atomic mass is 9.87. The number of rotatable bonds is 5. The average molecular weight is 357 g/mol. The Bertz CT molecular complexity index is 884. The number of carbonyl (C=O) groups is 2. The van der Waals surface area contributed by atoms with Crippen LogP contribution < -0.4 is 5.32 Å². The van der Waals surface area contributed by atoms with Gasteiger partial charge in [-0.2, -0.15) is 0 Å². The molecule has 1 N–H and O–H groups in total. The number of benzene rings is 2. The highest BCUT2D eigenvalue weighted by Crippen LogP contribution is 2.33. The van der Waals surface area contributed by atoms with Gasteiger partial charge >= 0.3 is 6.03 Å². The van der Waals surface area contributed by atoms with Crippen molar-refractivity contribution in [2.24, 2.45) is 0 Å². The van der Waals surface area contributed by atoms with Crippen LogP contribution in [-0.4, -0.2) is 21.8 Å². The highest BCUT2D eigenvalue weighted by Gasteiger charge is 2.51. The predicted octanol–water partition coefficient (Wildman–Crippen LogP) is 3.09. The van der Waals surface area contributed by atoms with Crippen LogP contribution in [0.25, 0.3) is 0 Å². The van der Waals surface area contributed by atoms with Gasteiger partial charge in [-0.25, -0.2) is 9.18 Å². The Labute approximate surface area is 148 Å². The van der Waals surface area contributed by atoms with E-state index in [4.69, 9.17) is 0 Å². The van der Waals surface area contributed by atoms with Crippen LogP contribution in [0, 0.1) is 15.9 Å². The SMILES string of the molecule is CCC1(c2ccc(F)cc2)NC(=O)N(Cc2cccc([N+](=O)[O-])c2)C1=O. The van der Waals surface area contributed by atoms with E-state index in [0.717, 1.165) is 4.90 Å².